The number of aryl methyl sites for hydroxylation is 2. The molecule has 0 saturated heterocycles. The minimum Gasteiger partial charge on any atom is -0.349 e. The van der Waals surface area contributed by atoms with Crippen LogP contribution in [-0.4, -0.2) is 16.6 Å². The third-order valence-electron chi connectivity index (χ3n) is 4.65. The summed E-state index contributed by atoms with van der Waals surface area (Å²) in [5.41, 5.74) is 5.06. The Morgan fingerprint density at radius 1 is 1.19 bits per heavy atom. The molecule has 0 saturated carbocycles. The van der Waals surface area contributed by atoms with Crippen molar-refractivity contribution >= 4 is 23.4 Å². The summed E-state index contributed by atoms with van der Waals surface area (Å²) >= 11 is 1.50. The summed E-state index contributed by atoms with van der Waals surface area (Å²) in [6, 6.07) is 13.0. The van der Waals surface area contributed by atoms with E-state index in [-0.39, 0.29) is 17.6 Å². The summed E-state index contributed by atoms with van der Waals surface area (Å²) in [6.07, 6.45) is 3.52. The zero-order chi connectivity index (χ0) is 18.5. The number of carbonyl (C=O) groups is 1. The lowest BCUT2D eigenvalue weighted by atomic mass is 10.0. The minimum atomic E-state index is -0.412. The molecule has 1 atom stereocenters. The maximum Gasteiger partial charge on any atom is 0.269 e. The van der Waals surface area contributed by atoms with E-state index in [1.165, 1.54) is 41.4 Å². The molecule has 2 aromatic carbocycles. The first-order chi connectivity index (χ1) is 12.5. The van der Waals surface area contributed by atoms with Crippen LogP contribution in [0.4, 0.5) is 5.69 Å². The largest absolute Gasteiger partial charge is 0.349 e. The second-order valence-electron chi connectivity index (χ2n) is 6.59. The van der Waals surface area contributed by atoms with Crippen molar-refractivity contribution in [1.82, 2.24) is 5.32 Å². The fourth-order valence-corrected chi connectivity index (χ4v) is 4.00. The van der Waals surface area contributed by atoms with Gasteiger partial charge in [0.1, 0.15) is 0 Å². The van der Waals surface area contributed by atoms with Crippen LogP contribution in [0.5, 0.6) is 0 Å². The number of thioether (sulfide) groups is 1. The summed E-state index contributed by atoms with van der Waals surface area (Å²) in [6.45, 7) is 2.01. The Morgan fingerprint density at radius 2 is 1.92 bits per heavy atom. The van der Waals surface area contributed by atoms with Gasteiger partial charge in [0.15, 0.2) is 0 Å². The van der Waals surface area contributed by atoms with Crippen molar-refractivity contribution in [3.63, 3.8) is 0 Å². The second kappa shape index (κ2) is 8.36. The van der Waals surface area contributed by atoms with Gasteiger partial charge in [0.2, 0.25) is 5.91 Å². The van der Waals surface area contributed by atoms with Gasteiger partial charge >= 0.3 is 0 Å². The molecule has 2 aromatic rings. The summed E-state index contributed by atoms with van der Waals surface area (Å²) in [4.78, 5) is 22.4. The van der Waals surface area contributed by atoms with E-state index in [1.54, 1.807) is 12.1 Å². The highest BCUT2D eigenvalue weighted by Crippen LogP contribution is 2.25. The van der Waals surface area contributed by atoms with Gasteiger partial charge in [0.25, 0.3) is 5.69 Å². The number of carbonyl (C=O) groups excluding carboxylic acids is 1. The van der Waals surface area contributed by atoms with E-state index in [0.29, 0.717) is 11.5 Å². The Hall–Kier alpha value is -2.34. The molecule has 0 fully saturated rings. The van der Waals surface area contributed by atoms with Crippen molar-refractivity contribution < 1.29 is 9.72 Å². The van der Waals surface area contributed by atoms with Crippen LogP contribution >= 0.6 is 11.8 Å². The van der Waals surface area contributed by atoms with Crippen LogP contribution < -0.4 is 5.32 Å². The molecule has 1 amide bonds. The van der Waals surface area contributed by atoms with Gasteiger partial charge in [-0.3, -0.25) is 14.9 Å². The summed E-state index contributed by atoms with van der Waals surface area (Å²) in [5.74, 6) is 1.02. The first-order valence-corrected chi connectivity index (χ1v) is 9.90. The highest BCUT2D eigenvalue weighted by Gasteiger charge is 2.15. The molecule has 1 aliphatic carbocycles. The SMILES string of the molecule is CC(NC(=O)CSCc1ccc([N+](=O)[O-])cc1)c1ccc2c(c1)CCC2. The number of nitrogens with zero attached hydrogens (tertiary/aromatic N) is 1. The molecule has 136 valence electrons. The van der Waals surface area contributed by atoms with Crippen LogP contribution in [0.1, 0.15) is 41.6 Å². The number of nitro benzene ring substituents is 1. The number of hydrogen-bond acceptors (Lipinski definition) is 4. The van der Waals surface area contributed by atoms with E-state index < -0.39 is 4.92 Å². The Balaban J connectivity index is 1.45. The van der Waals surface area contributed by atoms with E-state index in [4.69, 9.17) is 0 Å². The highest BCUT2D eigenvalue weighted by atomic mass is 32.2. The second-order valence-corrected chi connectivity index (χ2v) is 7.57. The van der Waals surface area contributed by atoms with Crippen LogP contribution in [0.15, 0.2) is 42.5 Å². The highest BCUT2D eigenvalue weighted by molar-refractivity contribution is 7.99. The molecule has 0 bridgehead atoms. The van der Waals surface area contributed by atoms with Gasteiger partial charge in [-0.2, -0.15) is 0 Å². The number of hydrogen-bond donors (Lipinski definition) is 1. The molecular formula is C20H22N2O3S. The number of fused-ring (bicyclic) bond motifs is 1. The van der Waals surface area contributed by atoms with Gasteiger partial charge in [-0.25, -0.2) is 0 Å². The van der Waals surface area contributed by atoms with Crippen LogP contribution in [-0.2, 0) is 23.4 Å². The van der Waals surface area contributed by atoms with E-state index >= 15 is 0 Å². The Bertz CT molecular complexity index is 805. The van der Waals surface area contributed by atoms with Crippen molar-refractivity contribution in [2.75, 3.05) is 5.75 Å². The Labute approximate surface area is 157 Å². The molecule has 5 nitrogen and oxygen atoms in total. The van der Waals surface area contributed by atoms with E-state index in [2.05, 4.69) is 23.5 Å². The third kappa shape index (κ3) is 4.64. The van der Waals surface area contributed by atoms with Gasteiger partial charge in [-0.1, -0.05) is 30.3 Å². The van der Waals surface area contributed by atoms with Gasteiger partial charge < -0.3 is 5.32 Å². The molecule has 3 rings (SSSR count). The first-order valence-electron chi connectivity index (χ1n) is 8.75. The summed E-state index contributed by atoms with van der Waals surface area (Å²) in [5, 5.41) is 13.7. The number of benzene rings is 2. The summed E-state index contributed by atoms with van der Waals surface area (Å²) in [7, 11) is 0. The average molecular weight is 370 g/mol. The number of nitrogens with one attached hydrogen (secondary N) is 1. The topological polar surface area (TPSA) is 72.2 Å². The van der Waals surface area contributed by atoms with Crippen molar-refractivity contribution in [3.05, 3.63) is 74.8 Å². The van der Waals surface area contributed by atoms with Crippen molar-refractivity contribution in [3.8, 4) is 0 Å². The predicted octanol–water partition coefficient (Wildman–Crippen LogP) is 4.19. The monoisotopic (exact) mass is 370 g/mol. The van der Waals surface area contributed by atoms with Crippen molar-refractivity contribution in [2.24, 2.45) is 0 Å². The van der Waals surface area contributed by atoms with Gasteiger partial charge in [0, 0.05) is 17.9 Å². The van der Waals surface area contributed by atoms with Crippen LogP contribution in [0.3, 0.4) is 0 Å². The van der Waals surface area contributed by atoms with Crippen LogP contribution in [0, 0.1) is 10.1 Å². The normalized spacial score (nSPS) is 13.9. The first kappa shape index (κ1) is 18.5. The molecule has 1 N–H and O–H groups in total. The number of non-ortho nitro benzene ring substituents is 1. The maximum atomic E-state index is 12.2. The molecular weight excluding hydrogens is 348 g/mol. The zero-order valence-corrected chi connectivity index (χ0v) is 15.6. The number of nitro groups is 1. The molecule has 26 heavy (non-hydrogen) atoms. The smallest absolute Gasteiger partial charge is 0.269 e. The fraction of sp³-hybridized carbons (Fsp3) is 0.350. The van der Waals surface area contributed by atoms with E-state index in [9.17, 15) is 14.9 Å². The molecule has 6 heteroatoms. The lowest BCUT2D eigenvalue weighted by molar-refractivity contribution is -0.384. The molecule has 0 radical (unpaired) electrons. The average Bonchev–Trinajstić information content (AvgIpc) is 3.09. The summed E-state index contributed by atoms with van der Waals surface area (Å²) < 4.78 is 0. The van der Waals surface area contributed by atoms with Crippen LogP contribution in [0.2, 0.25) is 0 Å². The predicted molar refractivity (Wildman–Crippen MR) is 104 cm³/mol. The van der Waals surface area contributed by atoms with Crippen molar-refractivity contribution in [1.29, 1.82) is 0 Å². The van der Waals surface area contributed by atoms with Crippen molar-refractivity contribution in [2.45, 2.75) is 38.0 Å². The Kier molecular flexibility index (Phi) is 5.93. The lowest BCUT2D eigenvalue weighted by Gasteiger charge is -2.15. The van der Waals surface area contributed by atoms with E-state index in [1.807, 2.05) is 6.92 Å². The third-order valence-corrected chi connectivity index (χ3v) is 5.65. The molecule has 1 unspecified atom stereocenters. The molecule has 1 aliphatic rings. The zero-order valence-electron chi connectivity index (χ0n) is 14.7. The van der Waals surface area contributed by atoms with Gasteiger partial charge in [-0.05, 0) is 48.4 Å². The standard InChI is InChI=1S/C20H22N2O3S/c1-14(17-8-7-16-3-2-4-18(16)11-17)21-20(23)13-26-12-15-5-9-19(10-6-15)22(24)25/h5-11,14H,2-4,12-13H2,1H3,(H,21,23). The number of rotatable bonds is 7. The lowest BCUT2D eigenvalue weighted by Crippen LogP contribution is -2.28. The van der Waals surface area contributed by atoms with Crippen LogP contribution in [0.25, 0.3) is 0 Å². The van der Waals surface area contributed by atoms with E-state index in [0.717, 1.165) is 24.0 Å². The minimum absolute atomic E-state index is 0.00455. The maximum absolute atomic E-state index is 12.2. The molecule has 0 spiro atoms. The Morgan fingerprint density at radius 3 is 2.65 bits per heavy atom. The number of amides is 1. The van der Waals surface area contributed by atoms with Gasteiger partial charge in [0.05, 0.1) is 16.7 Å². The molecule has 0 aromatic heterocycles. The quantitative estimate of drug-likeness (QED) is 0.586. The van der Waals surface area contributed by atoms with Gasteiger partial charge in [-0.15, -0.1) is 11.8 Å². The molecule has 0 aliphatic heterocycles. The molecule has 0 heterocycles. The fourth-order valence-electron chi connectivity index (χ4n) is 3.20.